The minimum atomic E-state index is -4.32. The second-order valence-corrected chi connectivity index (χ2v) is 9.94. The van der Waals surface area contributed by atoms with E-state index in [1.807, 2.05) is 24.3 Å². The van der Waals surface area contributed by atoms with Crippen LogP contribution in [0.15, 0.2) is 78.9 Å². The van der Waals surface area contributed by atoms with Gasteiger partial charge in [-0.3, -0.25) is 9.69 Å². The predicted octanol–water partition coefficient (Wildman–Crippen LogP) is 8.24. The fourth-order valence-electron chi connectivity index (χ4n) is 4.76. The van der Waals surface area contributed by atoms with Crippen LogP contribution in [0.5, 0.6) is 5.75 Å². The topological polar surface area (TPSA) is 38.8 Å². The third-order valence-electron chi connectivity index (χ3n) is 7.06. The standard InChI is InChI=1S/C33H36F3NO3.ClH/c1-2-39-32(38)8-3-4-23-40-31-15-13-27(14-16-31)26-11-9-25(10-12-26)17-20-37-21-18-28(19-22-37)29-6-5-7-30(24-29)33(34,35)36;/h5-7,9-16,18,24H,2-4,8,17,19-23H2,1H3;1H. The Hall–Kier alpha value is -3.29. The minimum Gasteiger partial charge on any atom is -0.494 e. The maximum absolute atomic E-state index is 13.1. The Morgan fingerprint density at radius 2 is 1.63 bits per heavy atom. The summed E-state index contributed by atoms with van der Waals surface area (Å²) >= 11 is 0. The Kier molecular flexibility index (Phi) is 12.3. The zero-order chi connectivity index (χ0) is 28.4. The number of rotatable bonds is 12. The zero-order valence-corrected chi connectivity index (χ0v) is 24.1. The van der Waals surface area contributed by atoms with E-state index in [9.17, 15) is 18.0 Å². The quantitative estimate of drug-likeness (QED) is 0.158. The van der Waals surface area contributed by atoms with Crippen LogP contribution in [0.25, 0.3) is 16.7 Å². The molecule has 41 heavy (non-hydrogen) atoms. The summed E-state index contributed by atoms with van der Waals surface area (Å²) < 4.78 is 49.9. The van der Waals surface area contributed by atoms with E-state index in [1.165, 1.54) is 17.7 Å². The summed E-state index contributed by atoms with van der Waals surface area (Å²) in [7, 11) is 0. The fourth-order valence-corrected chi connectivity index (χ4v) is 4.76. The van der Waals surface area contributed by atoms with Crippen molar-refractivity contribution in [3.63, 3.8) is 0 Å². The summed E-state index contributed by atoms with van der Waals surface area (Å²) in [5.41, 5.74) is 4.55. The molecule has 0 spiro atoms. The normalized spacial score (nSPS) is 13.7. The van der Waals surface area contributed by atoms with Gasteiger partial charge in [-0.25, -0.2) is 0 Å². The Balaban J connectivity index is 0.00000462. The van der Waals surface area contributed by atoms with Crippen LogP contribution in [0.4, 0.5) is 13.2 Å². The van der Waals surface area contributed by atoms with Gasteiger partial charge in [0.15, 0.2) is 0 Å². The van der Waals surface area contributed by atoms with Gasteiger partial charge in [0, 0.05) is 26.1 Å². The van der Waals surface area contributed by atoms with Crippen molar-refractivity contribution < 1.29 is 27.4 Å². The monoisotopic (exact) mass is 587 g/mol. The lowest BCUT2D eigenvalue weighted by molar-refractivity contribution is -0.143. The fraction of sp³-hybridized carbons (Fsp3) is 0.364. The second-order valence-electron chi connectivity index (χ2n) is 9.94. The molecule has 8 heteroatoms. The van der Waals surface area contributed by atoms with Crippen LogP contribution in [0.1, 0.15) is 49.3 Å². The minimum absolute atomic E-state index is 0. The van der Waals surface area contributed by atoms with Crippen LogP contribution >= 0.6 is 12.4 Å². The van der Waals surface area contributed by atoms with Crippen LogP contribution in [0.3, 0.4) is 0 Å². The summed E-state index contributed by atoms with van der Waals surface area (Å²) in [4.78, 5) is 13.7. The largest absolute Gasteiger partial charge is 0.494 e. The molecule has 0 radical (unpaired) electrons. The van der Waals surface area contributed by atoms with E-state index in [2.05, 4.69) is 35.2 Å². The number of ether oxygens (including phenoxy) is 2. The number of benzene rings is 3. The number of nitrogens with zero attached hydrogens (tertiary/aromatic N) is 1. The molecule has 0 saturated carbocycles. The molecule has 0 amide bonds. The number of esters is 1. The van der Waals surface area contributed by atoms with Crippen molar-refractivity contribution in [2.75, 3.05) is 32.8 Å². The number of hydrogen-bond donors (Lipinski definition) is 0. The number of carbonyl (C=O) groups is 1. The van der Waals surface area contributed by atoms with Gasteiger partial charge in [-0.2, -0.15) is 13.2 Å². The molecule has 0 saturated heterocycles. The highest BCUT2D eigenvalue weighted by Gasteiger charge is 2.30. The van der Waals surface area contributed by atoms with Crippen molar-refractivity contribution >= 4 is 23.9 Å². The summed E-state index contributed by atoms with van der Waals surface area (Å²) in [6.45, 7) is 5.26. The van der Waals surface area contributed by atoms with E-state index in [4.69, 9.17) is 9.47 Å². The molecule has 0 unspecified atom stereocenters. The van der Waals surface area contributed by atoms with Gasteiger partial charge in [0.25, 0.3) is 0 Å². The molecule has 0 aromatic heterocycles. The van der Waals surface area contributed by atoms with Crippen molar-refractivity contribution in [1.29, 1.82) is 0 Å². The molecule has 1 aliphatic rings. The Morgan fingerprint density at radius 3 is 2.27 bits per heavy atom. The summed E-state index contributed by atoms with van der Waals surface area (Å²) in [5, 5.41) is 0. The molecule has 3 aromatic rings. The van der Waals surface area contributed by atoms with E-state index >= 15 is 0 Å². The first-order chi connectivity index (χ1) is 19.3. The molecule has 3 aromatic carbocycles. The highest BCUT2D eigenvalue weighted by Crippen LogP contribution is 2.32. The molecule has 0 aliphatic carbocycles. The van der Waals surface area contributed by atoms with Crippen molar-refractivity contribution in [3.8, 4) is 16.9 Å². The molecule has 0 bridgehead atoms. The predicted molar refractivity (Wildman–Crippen MR) is 159 cm³/mol. The van der Waals surface area contributed by atoms with Crippen molar-refractivity contribution in [2.45, 2.75) is 45.2 Å². The van der Waals surface area contributed by atoms with E-state index in [0.717, 1.165) is 73.8 Å². The number of halogens is 4. The van der Waals surface area contributed by atoms with E-state index in [0.29, 0.717) is 25.2 Å². The number of alkyl halides is 3. The first-order valence-corrected chi connectivity index (χ1v) is 13.9. The number of hydrogen-bond acceptors (Lipinski definition) is 4. The van der Waals surface area contributed by atoms with Gasteiger partial charge < -0.3 is 9.47 Å². The third kappa shape index (κ3) is 9.94. The van der Waals surface area contributed by atoms with Crippen LogP contribution < -0.4 is 4.74 Å². The lowest BCUT2D eigenvalue weighted by Gasteiger charge is -2.26. The Labute approximate surface area is 246 Å². The Morgan fingerprint density at radius 1 is 0.927 bits per heavy atom. The van der Waals surface area contributed by atoms with Gasteiger partial charge in [0.2, 0.25) is 0 Å². The van der Waals surface area contributed by atoms with Gasteiger partial charge in [-0.05, 0) is 84.7 Å². The Bertz CT molecular complexity index is 1270. The first-order valence-electron chi connectivity index (χ1n) is 13.9. The maximum Gasteiger partial charge on any atom is 0.416 e. The lowest BCUT2D eigenvalue weighted by Crippen LogP contribution is -2.30. The van der Waals surface area contributed by atoms with Crippen LogP contribution in [-0.2, 0) is 22.1 Å². The average molecular weight is 588 g/mol. The summed E-state index contributed by atoms with van der Waals surface area (Å²) in [5.74, 6) is 0.649. The highest BCUT2D eigenvalue weighted by molar-refractivity contribution is 5.85. The van der Waals surface area contributed by atoms with Crippen molar-refractivity contribution in [1.82, 2.24) is 4.90 Å². The molecule has 4 nitrogen and oxygen atoms in total. The number of unbranched alkanes of at least 4 members (excludes halogenated alkanes) is 1. The van der Waals surface area contributed by atoms with Gasteiger partial charge in [0.05, 0.1) is 18.8 Å². The van der Waals surface area contributed by atoms with Gasteiger partial charge in [-0.1, -0.05) is 54.6 Å². The third-order valence-corrected chi connectivity index (χ3v) is 7.06. The van der Waals surface area contributed by atoms with Crippen molar-refractivity contribution in [2.24, 2.45) is 0 Å². The van der Waals surface area contributed by atoms with E-state index in [-0.39, 0.29) is 18.4 Å². The molecule has 1 aliphatic heterocycles. The summed E-state index contributed by atoms with van der Waals surface area (Å²) in [6, 6.07) is 22.2. The van der Waals surface area contributed by atoms with Gasteiger partial charge in [0.1, 0.15) is 5.75 Å². The first kappa shape index (κ1) is 32.2. The van der Waals surface area contributed by atoms with Crippen molar-refractivity contribution in [3.05, 3.63) is 95.6 Å². The maximum atomic E-state index is 13.1. The molecule has 1 heterocycles. The van der Waals surface area contributed by atoms with E-state index < -0.39 is 11.7 Å². The van der Waals surface area contributed by atoms with Crippen LogP contribution in [0, 0.1) is 0 Å². The molecular weight excluding hydrogens is 551 g/mol. The molecule has 0 fully saturated rings. The molecule has 220 valence electrons. The molecule has 0 N–H and O–H groups in total. The van der Waals surface area contributed by atoms with Gasteiger partial charge in [-0.15, -0.1) is 12.4 Å². The van der Waals surface area contributed by atoms with Crippen LogP contribution in [0.2, 0.25) is 0 Å². The lowest BCUT2D eigenvalue weighted by atomic mass is 9.97. The number of carbonyl (C=O) groups excluding carboxylic acids is 1. The van der Waals surface area contributed by atoms with Gasteiger partial charge >= 0.3 is 12.1 Å². The second kappa shape index (κ2) is 15.6. The van der Waals surface area contributed by atoms with E-state index in [1.54, 1.807) is 13.0 Å². The molecular formula is C33H37ClF3NO3. The highest BCUT2D eigenvalue weighted by atomic mass is 35.5. The molecule has 0 atom stereocenters. The summed E-state index contributed by atoms with van der Waals surface area (Å²) in [6.07, 6.45) is 1.36. The van der Waals surface area contributed by atoms with Crippen LogP contribution in [-0.4, -0.2) is 43.7 Å². The SMILES string of the molecule is CCOC(=O)CCCCOc1ccc(-c2ccc(CCN3CC=C(c4cccc(C(F)(F)F)c4)CC3)cc2)cc1.Cl. The smallest absolute Gasteiger partial charge is 0.416 e. The molecule has 4 rings (SSSR count). The average Bonchev–Trinajstić information content (AvgIpc) is 2.97. The zero-order valence-electron chi connectivity index (χ0n) is 23.3.